The highest BCUT2D eigenvalue weighted by Gasteiger charge is 2.30. The molecule has 1 rings (SSSR count). The standard InChI is InChI=1S/C12H27NO3Si/c1-4-15-17(3,16-5-2)10-6-7-12-11-14-9-8-13-12/h12-13H,4-11H2,1-3H3. The molecule has 0 aromatic rings. The molecule has 0 bridgehead atoms. The number of nitrogens with one attached hydrogen (secondary N) is 1. The maximum Gasteiger partial charge on any atom is 0.334 e. The minimum atomic E-state index is -1.90. The van der Waals surface area contributed by atoms with Gasteiger partial charge in [-0.15, -0.1) is 0 Å². The Balaban J connectivity index is 2.21. The van der Waals surface area contributed by atoms with Gasteiger partial charge in [-0.05, 0) is 39.3 Å². The molecule has 0 saturated carbocycles. The molecule has 5 heteroatoms. The van der Waals surface area contributed by atoms with Crippen molar-refractivity contribution >= 4 is 8.56 Å². The molecule has 1 aliphatic heterocycles. The summed E-state index contributed by atoms with van der Waals surface area (Å²) >= 11 is 0. The Hall–Kier alpha value is 0.0569. The van der Waals surface area contributed by atoms with Crippen LogP contribution < -0.4 is 5.32 Å². The molecule has 1 saturated heterocycles. The van der Waals surface area contributed by atoms with Crippen LogP contribution in [0.15, 0.2) is 0 Å². The van der Waals surface area contributed by atoms with E-state index < -0.39 is 8.56 Å². The fourth-order valence-electron chi connectivity index (χ4n) is 2.27. The minimum absolute atomic E-state index is 0.519. The molecule has 1 heterocycles. The van der Waals surface area contributed by atoms with Gasteiger partial charge in [-0.1, -0.05) is 0 Å². The largest absolute Gasteiger partial charge is 0.395 e. The predicted molar refractivity (Wildman–Crippen MR) is 71.5 cm³/mol. The van der Waals surface area contributed by atoms with Crippen LogP contribution in [0.2, 0.25) is 12.6 Å². The van der Waals surface area contributed by atoms with Gasteiger partial charge >= 0.3 is 8.56 Å². The van der Waals surface area contributed by atoms with Crippen molar-refractivity contribution in [2.45, 2.75) is 45.3 Å². The Morgan fingerprint density at radius 1 is 1.29 bits per heavy atom. The summed E-state index contributed by atoms with van der Waals surface area (Å²) in [4.78, 5) is 0. The number of hydrogen-bond acceptors (Lipinski definition) is 4. The number of ether oxygens (including phenoxy) is 1. The SMILES string of the molecule is CCO[Si](C)(CCCC1COCCN1)OCC. The zero-order chi connectivity index (χ0) is 12.6. The van der Waals surface area contributed by atoms with Crippen LogP contribution in [0, 0.1) is 0 Å². The lowest BCUT2D eigenvalue weighted by Gasteiger charge is -2.28. The van der Waals surface area contributed by atoms with Gasteiger partial charge in [0.15, 0.2) is 0 Å². The Labute approximate surface area is 106 Å². The minimum Gasteiger partial charge on any atom is -0.395 e. The average Bonchev–Trinajstić information content (AvgIpc) is 2.31. The summed E-state index contributed by atoms with van der Waals surface area (Å²) in [5.74, 6) is 0. The van der Waals surface area contributed by atoms with E-state index >= 15 is 0 Å². The normalized spacial score (nSPS) is 21.7. The van der Waals surface area contributed by atoms with Crippen molar-refractivity contribution < 1.29 is 13.6 Å². The van der Waals surface area contributed by atoms with Crippen LogP contribution >= 0.6 is 0 Å². The van der Waals surface area contributed by atoms with E-state index in [-0.39, 0.29) is 0 Å². The Kier molecular flexibility index (Phi) is 7.30. The fraction of sp³-hybridized carbons (Fsp3) is 1.00. The maximum atomic E-state index is 5.82. The van der Waals surface area contributed by atoms with E-state index in [1.54, 1.807) is 0 Å². The first-order chi connectivity index (χ1) is 8.20. The number of rotatable bonds is 8. The molecule has 0 spiro atoms. The third-order valence-electron chi connectivity index (χ3n) is 3.08. The monoisotopic (exact) mass is 261 g/mol. The summed E-state index contributed by atoms with van der Waals surface area (Å²) in [6, 6.07) is 1.60. The highest BCUT2D eigenvalue weighted by Crippen LogP contribution is 2.18. The highest BCUT2D eigenvalue weighted by molar-refractivity contribution is 6.66. The van der Waals surface area contributed by atoms with Crippen molar-refractivity contribution in [3.8, 4) is 0 Å². The van der Waals surface area contributed by atoms with E-state index in [9.17, 15) is 0 Å². The molecule has 4 nitrogen and oxygen atoms in total. The van der Waals surface area contributed by atoms with Gasteiger partial charge in [0.2, 0.25) is 0 Å². The van der Waals surface area contributed by atoms with E-state index in [1.165, 1.54) is 0 Å². The van der Waals surface area contributed by atoms with Crippen molar-refractivity contribution in [2.24, 2.45) is 0 Å². The number of hydrogen-bond donors (Lipinski definition) is 1. The van der Waals surface area contributed by atoms with Crippen LogP contribution in [0.1, 0.15) is 26.7 Å². The topological polar surface area (TPSA) is 39.7 Å². The van der Waals surface area contributed by atoms with E-state index in [0.29, 0.717) is 6.04 Å². The summed E-state index contributed by atoms with van der Waals surface area (Å²) < 4.78 is 17.1. The van der Waals surface area contributed by atoms with Crippen LogP contribution in [0.4, 0.5) is 0 Å². The van der Waals surface area contributed by atoms with Crippen molar-refractivity contribution in [1.82, 2.24) is 5.32 Å². The van der Waals surface area contributed by atoms with Crippen molar-refractivity contribution in [2.75, 3.05) is 33.0 Å². The zero-order valence-electron chi connectivity index (χ0n) is 11.5. The lowest BCUT2D eigenvalue weighted by atomic mass is 10.1. The molecule has 102 valence electrons. The third-order valence-corrected chi connectivity index (χ3v) is 6.14. The lowest BCUT2D eigenvalue weighted by molar-refractivity contribution is 0.0736. The summed E-state index contributed by atoms with van der Waals surface area (Å²) in [5.41, 5.74) is 0. The molecular formula is C12H27NO3Si. The molecule has 1 unspecified atom stereocenters. The summed E-state index contributed by atoms with van der Waals surface area (Å²) in [7, 11) is -1.90. The molecule has 1 atom stereocenters. The molecule has 1 N–H and O–H groups in total. The first-order valence-corrected chi connectivity index (χ1v) is 9.31. The molecule has 1 aliphatic rings. The molecule has 0 radical (unpaired) electrons. The Morgan fingerprint density at radius 2 is 2.00 bits per heavy atom. The van der Waals surface area contributed by atoms with Gasteiger partial charge in [0.1, 0.15) is 0 Å². The maximum absolute atomic E-state index is 5.82. The first kappa shape index (κ1) is 15.1. The highest BCUT2D eigenvalue weighted by atomic mass is 28.4. The van der Waals surface area contributed by atoms with Crippen molar-refractivity contribution in [3.63, 3.8) is 0 Å². The van der Waals surface area contributed by atoms with Gasteiger partial charge in [-0.2, -0.15) is 0 Å². The van der Waals surface area contributed by atoms with Gasteiger partial charge in [0.05, 0.1) is 13.2 Å². The van der Waals surface area contributed by atoms with E-state index in [4.69, 9.17) is 13.6 Å². The van der Waals surface area contributed by atoms with Crippen molar-refractivity contribution in [3.05, 3.63) is 0 Å². The second-order valence-corrected chi connectivity index (χ2v) is 7.96. The van der Waals surface area contributed by atoms with Gasteiger partial charge in [0.25, 0.3) is 0 Å². The first-order valence-electron chi connectivity index (χ1n) is 6.79. The fourth-order valence-corrected chi connectivity index (χ4v) is 4.71. The zero-order valence-corrected chi connectivity index (χ0v) is 12.5. The average molecular weight is 261 g/mol. The predicted octanol–water partition coefficient (Wildman–Crippen LogP) is 1.90. The van der Waals surface area contributed by atoms with Crippen LogP contribution in [0.5, 0.6) is 0 Å². The Bertz CT molecular complexity index is 192. The lowest BCUT2D eigenvalue weighted by Crippen LogP contribution is -2.42. The smallest absolute Gasteiger partial charge is 0.334 e. The second-order valence-electron chi connectivity index (χ2n) is 4.62. The quantitative estimate of drug-likeness (QED) is 0.678. The van der Waals surface area contributed by atoms with Crippen LogP contribution in [-0.4, -0.2) is 47.6 Å². The molecule has 0 amide bonds. The van der Waals surface area contributed by atoms with Gasteiger partial charge in [-0.3, -0.25) is 0 Å². The molecule has 0 aromatic carbocycles. The summed E-state index contributed by atoms with van der Waals surface area (Å²) in [6.07, 6.45) is 2.31. The third kappa shape index (κ3) is 5.97. The van der Waals surface area contributed by atoms with Crippen LogP contribution in [0.3, 0.4) is 0 Å². The molecule has 0 aliphatic carbocycles. The summed E-state index contributed by atoms with van der Waals surface area (Å²) in [5, 5.41) is 3.48. The van der Waals surface area contributed by atoms with Crippen LogP contribution in [0.25, 0.3) is 0 Å². The van der Waals surface area contributed by atoms with Gasteiger partial charge in [0, 0.05) is 25.8 Å². The van der Waals surface area contributed by atoms with E-state index in [2.05, 4.69) is 11.9 Å². The van der Waals surface area contributed by atoms with E-state index in [1.807, 2.05) is 13.8 Å². The van der Waals surface area contributed by atoms with Crippen molar-refractivity contribution in [1.29, 1.82) is 0 Å². The molecule has 17 heavy (non-hydrogen) atoms. The second kappa shape index (κ2) is 8.21. The molecule has 1 fully saturated rings. The van der Waals surface area contributed by atoms with Gasteiger partial charge in [-0.25, -0.2) is 0 Å². The Morgan fingerprint density at radius 3 is 2.53 bits per heavy atom. The number of morpholine rings is 1. The molecule has 0 aromatic heterocycles. The van der Waals surface area contributed by atoms with Gasteiger partial charge < -0.3 is 18.9 Å². The van der Waals surface area contributed by atoms with E-state index in [0.717, 1.165) is 51.9 Å². The van der Waals surface area contributed by atoms with Crippen LogP contribution in [-0.2, 0) is 13.6 Å². The molecular weight excluding hydrogens is 234 g/mol. The summed E-state index contributed by atoms with van der Waals surface area (Å²) in [6.45, 7) is 10.5.